The van der Waals surface area contributed by atoms with E-state index in [4.69, 9.17) is 0 Å². The van der Waals surface area contributed by atoms with Crippen LogP contribution in [0.1, 0.15) is 23.2 Å². The highest BCUT2D eigenvalue weighted by atomic mass is 19.1. The lowest BCUT2D eigenvalue weighted by Crippen LogP contribution is -2.44. The minimum atomic E-state index is -0.867. The molecule has 0 bridgehead atoms. The number of carbonyl (C=O) groups is 2. The zero-order chi connectivity index (χ0) is 18.7. The van der Waals surface area contributed by atoms with E-state index in [-0.39, 0.29) is 17.8 Å². The van der Waals surface area contributed by atoms with Gasteiger partial charge in [-0.3, -0.25) is 9.59 Å². The van der Waals surface area contributed by atoms with Crippen LogP contribution >= 0.6 is 0 Å². The van der Waals surface area contributed by atoms with E-state index >= 15 is 0 Å². The lowest BCUT2D eigenvalue weighted by molar-refractivity contribution is -0.121. The second kappa shape index (κ2) is 7.59. The molecule has 2 aromatic carbocycles. The average Bonchev–Trinajstić information content (AvgIpc) is 2.64. The number of carbonyl (C=O) groups excluding carboxylic acids is 2. The van der Waals surface area contributed by atoms with Gasteiger partial charge in [-0.05, 0) is 37.1 Å². The molecule has 0 aromatic heterocycles. The molecule has 4 nitrogen and oxygen atoms in total. The Kier molecular flexibility index (Phi) is 5.25. The Morgan fingerprint density at radius 2 is 1.81 bits per heavy atom. The molecule has 0 spiro atoms. The van der Waals surface area contributed by atoms with Gasteiger partial charge in [0.15, 0.2) is 0 Å². The van der Waals surface area contributed by atoms with Crippen molar-refractivity contribution in [2.24, 2.45) is 5.92 Å². The Bertz CT molecular complexity index is 841. The van der Waals surface area contributed by atoms with Gasteiger partial charge in [0.2, 0.25) is 5.91 Å². The molecule has 2 amide bonds. The third-order valence-electron chi connectivity index (χ3n) is 4.37. The number of hydrogen-bond donors (Lipinski definition) is 1. The van der Waals surface area contributed by atoms with Crippen LogP contribution in [0.15, 0.2) is 42.5 Å². The van der Waals surface area contributed by atoms with Crippen LogP contribution in [0.2, 0.25) is 0 Å². The van der Waals surface area contributed by atoms with Gasteiger partial charge in [0.1, 0.15) is 17.5 Å². The van der Waals surface area contributed by atoms with E-state index in [2.05, 4.69) is 5.32 Å². The normalized spacial score (nSPS) is 17.0. The first-order valence-electron chi connectivity index (χ1n) is 8.25. The highest BCUT2D eigenvalue weighted by Crippen LogP contribution is 2.22. The van der Waals surface area contributed by atoms with E-state index in [9.17, 15) is 22.8 Å². The first-order valence-corrected chi connectivity index (χ1v) is 8.25. The monoisotopic (exact) mass is 362 g/mol. The fraction of sp³-hybridized carbons (Fsp3) is 0.263. The largest absolute Gasteiger partial charge is 0.338 e. The second-order valence-corrected chi connectivity index (χ2v) is 6.18. The van der Waals surface area contributed by atoms with Crippen LogP contribution < -0.4 is 5.32 Å². The molecule has 2 aromatic rings. The predicted molar refractivity (Wildman–Crippen MR) is 90.0 cm³/mol. The summed E-state index contributed by atoms with van der Waals surface area (Å²) in [5.74, 6) is -3.70. The molecule has 1 N–H and O–H groups in total. The summed E-state index contributed by atoms with van der Waals surface area (Å²) in [4.78, 5) is 26.3. The summed E-state index contributed by atoms with van der Waals surface area (Å²) in [7, 11) is 0. The summed E-state index contributed by atoms with van der Waals surface area (Å²) in [6, 6.07) is 8.55. The molecule has 0 unspecified atom stereocenters. The van der Waals surface area contributed by atoms with Crippen LogP contribution in [0, 0.1) is 23.4 Å². The molecule has 26 heavy (non-hydrogen) atoms. The lowest BCUT2D eigenvalue weighted by Gasteiger charge is -2.32. The van der Waals surface area contributed by atoms with Crippen molar-refractivity contribution in [2.75, 3.05) is 18.4 Å². The van der Waals surface area contributed by atoms with Crippen LogP contribution in [-0.2, 0) is 4.79 Å². The molecule has 0 saturated carbocycles. The molecule has 3 rings (SSSR count). The highest BCUT2D eigenvalue weighted by molar-refractivity contribution is 5.96. The molecule has 0 aliphatic carbocycles. The molecule has 1 aliphatic rings. The summed E-state index contributed by atoms with van der Waals surface area (Å²) in [5, 5.41) is 2.43. The van der Waals surface area contributed by atoms with Crippen molar-refractivity contribution < 1.29 is 22.8 Å². The molecule has 136 valence electrons. The molecule has 1 heterocycles. The number of anilines is 1. The first kappa shape index (κ1) is 18.0. The number of rotatable bonds is 3. The Hall–Kier alpha value is -2.83. The lowest BCUT2D eigenvalue weighted by atomic mass is 9.96. The third-order valence-corrected chi connectivity index (χ3v) is 4.37. The van der Waals surface area contributed by atoms with Gasteiger partial charge in [0, 0.05) is 19.2 Å². The summed E-state index contributed by atoms with van der Waals surface area (Å²) in [5.41, 5.74) is -0.160. The fourth-order valence-corrected chi connectivity index (χ4v) is 3.01. The third kappa shape index (κ3) is 3.87. The van der Waals surface area contributed by atoms with Crippen molar-refractivity contribution in [1.82, 2.24) is 4.90 Å². The maximum absolute atomic E-state index is 13.8. The van der Waals surface area contributed by atoms with Gasteiger partial charge in [0.05, 0.1) is 17.2 Å². The van der Waals surface area contributed by atoms with Crippen molar-refractivity contribution >= 4 is 17.5 Å². The number of piperidine rings is 1. The fourth-order valence-electron chi connectivity index (χ4n) is 3.01. The van der Waals surface area contributed by atoms with Gasteiger partial charge >= 0.3 is 0 Å². The summed E-state index contributed by atoms with van der Waals surface area (Å²) in [6.45, 7) is 0.531. The zero-order valence-electron chi connectivity index (χ0n) is 13.8. The highest BCUT2D eigenvalue weighted by Gasteiger charge is 2.30. The number of nitrogens with zero attached hydrogens (tertiary/aromatic N) is 1. The maximum atomic E-state index is 13.8. The van der Waals surface area contributed by atoms with Crippen molar-refractivity contribution in [1.29, 1.82) is 0 Å². The second-order valence-electron chi connectivity index (χ2n) is 6.18. The van der Waals surface area contributed by atoms with Crippen LogP contribution in [0.4, 0.5) is 18.9 Å². The van der Waals surface area contributed by atoms with Gasteiger partial charge < -0.3 is 10.2 Å². The smallest absolute Gasteiger partial charge is 0.256 e. The Balaban J connectivity index is 1.69. The number of hydrogen-bond acceptors (Lipinski definition) is 2. The van der Waals surface area contributed by atoms with E-state index in [1.54, 1.807) is 6.07 Å². The predicted octanol–water partition coefficient (Wildman–Crippen LogP) is 3.59. The molecule has 1 aliphatic heterocycles. The Morgan fingerprint density at radius 3 is 2.54 bits per heavy atom. The minimum Gasteiger partial charge on any atom is -0.338 e. The zero-order valence-corrected chi connectivity index (χ0v) is 13.8. The molecular formula is C19H17F3N2O2. The van der Waals surface area contributed by atoms with Crippen molar-refractivity contribution in [3.63, 3.8) is 0 Å². The Labute approximate surface area is 148 Å². The number of nitrogens with one attached hydrogen (secondary N) is 1. The minimum absolute atomic E-state index is 0.0434. The average molecular weight is 362 g/mol. The number of benzene rings is 2. The topological polar surface area (TPSA) is 49.4 Å². The van der Waals surface area contributed by atoms with Crippen LogP contribution in [0.3, 0.4) is 0 Å². The van der Waals surface area contributed by atoms with E-state index < -0.39 is 35.2 Å². The Morgan fingerprint density at radius 1 is 1.04 bits per heavy atom. The quantitative estimate of drug-likeness (QED) is 0.907. The van der Waals surface area contributed by atoms with Gasteiger partial charge in [-0.1, -0.05) is 12.1 Å². The summed E-state index contributed by atoms with van der Waals surface area (Å²) in [6.07, 6.45) is 1.10. The van der Waals surface area contributed by atoms with E-state index in [1.807, 2.05) is 0 Å². The van der Waals surface area contributed by atoms with Crippen molar-refractivity contribution in [3.8, 4) is 0 Å². The van der Waals surface area contributed by atoms with Crippen molar-refractivity contribution in [3.05, 3.63) is 65.5 Å². The van der Waals surface area contributed by atoms with Crippen LogP contribution in [0.5, 0.6) is 0 Å². The standard InChI is InChI=1S/C19H17F3N2O2/c20-13-7-8-17(16(22)10-13)23-18(25)12-4-3-9-24(11-12)19(26)14-5-1-2-6-15(14)21/h1-2,5-8,10,12H,3-4,9,11H2,(H,23,25)/t12-/m0/s1. The summed E-state index contributed by atoms with van der Waals surface area (Å²) < 4.78 is 40.4. The van der Waals surface area contributed by atoms with Gasteiger partial charge in [0.25, 0.3) is 5.91 Å². The first-order chi connectivity index (χ1) is 12.5. The van der Waals surface area contributed by atoms with Gasteiger partial charge in [-0.25, -0.2) is 13.2 Å². The summed E-state index contributed by atoms with van der Waals surface area (Å²) >= 11 is 0. The number of amides is 2. The molecule has 1 atom stereocenters. The van der Waals surface area contributed by atoms with E-state index in [1.165, 1.54) is 23.1 Å². The van der Waals surface area contributed by atoms with Crippen LogP contribution in [0.25, 0.3) is 0 Å². The van der Waals surface area contributed by atoms with E-state index in [0.29, 0.717) is 25.5 Å². The number of halogens is 3. The molecule has 7 heteroatoms. The maximum Gasteiger partial charge on any atom is 0.256 e. The van der Waals surface area contributed by atoms with Gasteiger partial charge in [-0.2, -0.15) is 0 Å². The van der Waals surface area contributed by atoms with Crippen molar-refractivity contribution in [2.45, 2.75) is 12.8 Å². The van der Waals surface area contributed by atoms with E-state index in [0.717, 1.165) is 12.1 Å². The molecule has 1 fully saturated rings. The number of likely N-dealkylation sites (tertiary alicyclic amines) is 1. The molecular weight excluding hydrogens is 345 g/mol. The SMILES string of the molecule is O=C(Nc1ccc(F)cc1F)[C@H]1CCCN(C(=O)c2ccccc2F)C1. The van der Waals surface area contributed by atoms with Crippen LogP contribution in [-0.4, -0.2) is 29.8 Å². The molecule has 1 saturated heterocycles. The molecule has 0 radical (unpaired) electrons. The van der Waals surface area contributed by atoms with Gasteiger partial charge in [-0.15, -0.1) is 0 Å².